The molecule has 2 aliphatic rings. The third-order valence-corrected chi connectivity index (χ3v) is 4.73. The van der Waals surface area contributed by atoms with E-state index in [0.717, 1.165) is 38.5 Å². The molecule has 0 aromatic carbocycles. The fourth-order valence-electron chi connectivity index (χ4n) is 3.49. The van der Waals surface area contributed by atoms with Gasteiger partial charge in [0, 0.05) is 19.5 Å². The zero-order chi connectivity index (χ0) is 14.8. The largest absolute Gasteiger partial charge is 0.480 e. The van der Waals surface area contributed by atoms with Crippen molar-refractivity contribution in [1.82, 2.24) is 4.90 Å². The lowest BCUT2D eigenvalue weighted by Crippen LogP contribution is -2.51. The molecule has 114 valence electrons. The summed E-state index contributed by atoms with van der Waals surface area (Å²) >= 11 is 0. The van der Waals surface area contributed by atoms with Crippen LogP contribution in [-0.4, -0.2) is 52.2 Å². The number of carbonyl (C=O) groups excluding carboxylic acids is 1. The summed E-state index contributed by atoms with van der Waals surface area (Å²) in [7, 11) is 0. The predicted octanol–water partition coefficient (Wildman–Crippen LogP) is 0.332. The second-order valence-electron chi connectivity index (χ2n) is 6.10. The van der Waals surface area contributed by atoms with Crippen LogP contribution in [0.4, 0.5) is 0 Å². The Hall–Kier alpha value is -1.14. The molecule has 2 atom stereocenters. The highest BCUT2D eigenvalue weighted by atomic mass is 16.4. The molecule has 1 aliphatic carbocycles. The number of hydrogen-bond acceptors (Lipinski definition) is 4. The molecule has 2 unspecified atom stereocenters. The zero-order valence-corrected chi connectivity index (χ0v) is 11.8. The molecule has 1 heterocycles. The van der Waals surface area contributed by atoms with E-state index in [-0.39, 0.29) is 25.4 Å². The Kier molecular flexibility index (Phi) is 4.65. The van der Waals surface area contributed by atoms with Crippen LogP contribution in [0.1, 0.15) is 44.9 Å². The van der Waals surface area contributed by atoms with Crippen molar-refractivity contribution < 1.29 is 19.8 Å². The highest BCUT2D eigenvalue weighted by Gasteiger charge is 2.47. The Labute approximate surface area is 118 Å². The Morgan fingerprint density at radius 2 is 1.80 bits per heavy atom. The number of aliphatic carboxylic acids is 1. The van der Waals surface area contributed by atoms with Gasteiger partial charge in [0.1, 0.15) is 6.04 Å². The van der Waals surface area contributed by atoms with Crippen LogP contribution in [0.15, 0.2) is 0 Å². The summed E-state index contributed by atoms with van der Waals surface area (Å²) in [6.07, 6.45) is 4.92. The van der Waals surface area contributed by atoms with Gasteiger partial charge in [-0.2, -0.15) is 0 Å². The standard InChI is InChI=1S/C14H24N2O4/c15-9-14(5-3-1-2-4-6-14)13(20)16-8-10(17)7-11(16)12(18)19/h10-11,17H,1-9,15H2,(H,18,19). The third kappa shape index (κ3) is 2.81. The molecule has 2 fully saturated rings. The number of aliphatic hydroxyl groups excluding tert-OH is 1. The van der Waals surface area contributed by atoms with Crippen LogP contribution in [0.2, 0.25) is 0 Å². The van der Waals surface area contributed by atoms with Gasteiger partial charge in [0.2, 0.25) is 5.91 Å². The van der Waals surface area contributed by atoms with Gasteiger partial charge in [0.15, 0.2) is 0 Å². The Morgan fingerprint density at radius 1 is 1.20 bits per heavy atom. The Bertz CT molecular complexity index is 377. The second kappa shape index (κ2) is 6.10. The van der Waals surface area contributed by atoms with Gasteiger partial charge < -0.3 is 20.8 Å². The molecule has 20 heavy (non-hydrogen) atoms. The highest BCUT2D eigenvalue weighted by Crippen LogP contribution is 2.37. The maximum Gasteiger partial charge on any atom is 0.326 e. The van der Waals surface area contributed by atoms with Crippen LogP contribution >= 0.6 is 0 Å². The van der Waals surface area contributed by atoms with Crippen molar-refractivity contribution >= 4 is 11.9 Å². The molecule has 0 bridgehead atoms. The number of nitrogens with zero attached hydrogens (tertiary/aromatic N) is 1. The van der Waals surface area contributed by atoms with E-state index in [2.05, 4.69) is 0 Å². The molecule has 1 saturated carbocycles. The maximum atomic E-state index is 12.8. The fourth-order valence-corrected chi connectivity index (χ4v) is 3.49. The first-order chi connectivity index (χ1) is 9.50. The lowest BCUT2D eigenvalue weighted by atomic mass is 9.79. The fraction of sp³-hybridized carbons (Fsp3) is 0.857. The predicted molar refractivity (Wildman–Crippen MR) is 73.0 cm³/mol. The van der Waals surface area contributed by atoms with E-state index in [0.29, 0.717) is 0 Å². The number of β-amino-alcohol motifs (C(OH)–C–C–N with tert-alkyl or cyclic N) is 1. The van der Waals surface area contributed by atoms with Crippen molar-refractivity contribution in [2.45, 2.75) is 57.1 Å². The highest BCUT2D eigenvalue weighted by molar-refractivity contribution is 5.88. The van der Waals surface area contributed by atoms with E-state index < -0.39 is 23.5 Å². The minimum atomic E-state index is -1.05. The molecular formula is C14H24N2O4. The van der Waals surface area contributed by atoms with E-state index in [1.165, 1.54) is 4.90 Å². The number of nitrogens with two attached hydrogens (primary N) is 1. The molecular weight excluding hydrogens is 260 g/mol. The topological polar surface area (TPSA) is 104 Å². The van der Waals surface area contributed by atoms with E-state index >= 15 is 0 Å². The maximum absolute atomic E-state index is 12.8. The van der Waals surface area contributed by atoms with E-state index in [9.17, 15) is 19.8 Å². The summed E-state index contributed by atoms with van der Waals surface area (Å²) in [5.74, 6) is -1.22. The van der Waals surface area contributed by atoms with Gasteiger partial charge in [-0.3, -0.25) is 4.79 Å². The number of carboxylic acids is 1. The van der Waals surface area contributed by atoms with Gasteiger partial charge in [0.05, 0.1) is 11.5 Å². The zero-order valence-electron chi connectivity index (χ0n) is 11.8. The molecule has 0 radical (unpaired) electrons. The number of carboxylic acid groups (broad SMARTS) is 1. The number of carbonyl (C=O) groups is 2. The average Bonchev–Trinajstić information content (AvgIpc) is 2.67. The second-order valence-corrected chi connectivity index (χ2v) is 6.10. The van der Waals surface area contributed by atoms with Crippen LogP contribution in [-0.2, 0) is 9.59 Å². The summed E-state index contributed by atoms with van der Waals surface area (Å²) in [4.78, 5) is 25.4. The summed E-state index contributed by atoms with van der Waals surface area (Å²) in [6.45, 7) is 0.363. The molecule has 1 aliphatic heterocycles. The lowest BCUT2D eigenvalue weighted by Gasteiger charge is -2.35. The van der Waals surface area contributed by atoms with E-state index in [4.69, 9.17) is 5.73 Å². The lowest BCUT2D eigenvalue weighted by molar-refractivity contribution is -0.153. The van der Waals surface area contributed by atoms with Gasteiger partial charge in [-0.15, -0.1) is 0 Å². The van der Waals surface area contributed by atoms with Crippen LogP contribution < -0.4 is 5.73 Å². The normalized spacial score (nSPS) is 30.0. The van der Waals surface area contributed by atoms with Crippen molar-refractivity contribution in [2.24, 2.45) is 11.1 Å². The van der Waals surface area contributed by atoms with Crippen LogP contribution in [0.25, 0.3) is 0 Å². The summed E-state index contributed by atoms with van der Waals surface area (Å²) in [5.41, 5.74) is 5.24. The van der Waals surface area contributed by atoms with E-state index in [1.54, 1.807) is 0 Å². The van der Waals surface area contributed by atoms with Gasteiger partial charge in [-0.05, 0) is 12.8 Å². The van der Waals surface area contributed by atoms with Crippen molar-refractivity contribution in [1.29, 1.82) is 0 Å². The number of likely N-dealkylation sites (tertiary alicyclic amines) is 1. The molecule has 2 rings (SSSR count). The SMILES string of the molecule is NCC1(C(=O)N2CC(O)CC2C(=O)O)CCCCCC1. The molecule has 0 spiro atoms. The van der Waals surface area contributed by atoms with Crippen LogP contribution in [0, 0.1) is 5.41 Å². The molecule has 1 saturated heterocycles. The summed E-state index contributed by atoms with van der Waals surface area (Å²) in [6, 6.07) is -0.913. The summed E-state index contributed by atoms with van der Waals surface area (Å²) in [5, 5.41) is 18.9. The van der Waals surface area contributed by atoms with Gasteiger partial charge in [-0.1, -0.05) is 25.7 Å². The molecule has 4 N–H and O–H groups in total. The minimum absolute atomic E-state index is 0.109. The number of aliphatic hydroxyl groups is 1. The van der Waals surface area contributed by atoms with Crippen molar-refractivity contribution in [3.8, 4) is 0 Å². The van der Waals surface area contributed by atoms with Crippen molar-refractivity contribution in [3.63, 3.8) is 0 Å². The first-order valence-corrected chi connectivity index (χ1v) is 7.42. The number of rotatable bonds is 3. The number of amides is 1. The monoisotopic (exact) mass is 284 g/mol. The Balaban J connectivity index is 2.20. The quantitative estimate of drug-likeness (QED) is 0.648. The molecule has 6 nitrogen and oxygen atoms in total. The summed E-state index contributed by atoms with van der Waals surface area (Å²) < 4.78 is 0. The molecule has 0 aromatic rings. The number of hydrogen-bond donors (Lipinski definition) is 3. The average molecular weight is 284 g/mol. The van der Waals surface area contributed by atoms with Crippen molar-refractivity contribution in [2.75, 3.05) is 13.1 Å². The minimum Gasteiger partial charge on any atom is -0.480 e. The van der Waals surface area contributed by atoms with E-state index in [1.807, 2.05) is 0 Å². The van der Waals surface area contributed by atoms with Gasteiger partial charge in [0.25, 0.3) is 0 Å². The van der Waals surface area contributed by atoms with Gasteiger partial charge in [-0.25, -0.2) is 4.79 Å². The van der Waals surface area contributed by atoms with Crippen LogP contribution in [0.5, 0.6) is 0 Å². The third-order valence-electron chi connectivity index (χ3n) is 4.73. The van der Waals surface area contributed by atoms with Crippen LogP contribution in [0.3, 0.4) is 0 Å². The van der Waals surface area contributed by atoms with Crippen molar-refractivity contribution in [3.05, 3.63) is 0 Å². The first kappa shape index (κ1) is 15.3. The molecule has 1 amide bonds. The first-order valence-electron chi connectivity index (χ1n) is 7.42. The molecule has 0 aromatic heterocycles. The smallest absolute Gasteiger partial charge is 0.326 e. The molecule has 6 heteroatoms. The Morgan fingerprint density at radius 3 is 2.30 bits per heavy atom. The van der Waals surface area contributed by atoms with Gasteiger partial charge >= 0.3 is 5.97 Å².